The van der Waals surface area contributed by atoms with Gasteiger partial charge in [-0.25, -0.2) is 13.2 Å². The summed E-state index contributed by atoms with van der Waals surface area (Å²) in [5.41, 5.74) is 0. The molecule has 2 fully saturated rings. The molecule has 0 saturated heterocycles. The van der Waals surface area contributed by atoms with Crippen LogP contribution in [-0.4, -0.2) is 6.11 Å². The van der Waals surface area contributed by atoms with Crippen LogP contribution in [0.3, 0.4) is 0 Å². The van der Waals surface area contributed by atoms with Crippen LogP contribution in [0.5, 0.6) is 5.75 Å². The lowest BCUT2D eigenvalue weighted by molar-refractivity contribution is -0.218. The number of alkyl halides is 2. The third-order valence-corrected chi connectivity index (χ3v) is 6.43. The van der Waals surface area contributed by atoms with Crippen molar-refractivity contribution in [2.75, 3.05) is 0 Å². The Hall–Kier alpha value is -1.33. The molecule has 2 atom stereocenters. The number of benzene rings is 1. The monoisotopic (exact) mass is 390 g/mol. The van der Waals surface area contributed by atoms with Gasteiger partial charge in [-0.2, -0.15) is 8.78 Å². The molecule has 0 amide bonds. The van der Waals surface area contributed by atoms with Crippen LogP contribution < -0.4 is 4.74 Å². The van der Waals surface area contributed by atoms with E-state index in [0.717, 1.165) is 18.8 Å². The molecular weight excluding hydrogens is 363 g/mol. The van der Waals surface area contributed by atoms with E-state index in [1.54, 1.807) is 0 Å². The molecule has 1 nitrogen and oxygen atoms in total. The Kier molecular flexibility index (Phi) is 6.32. The van der Waals surface area contributed by atoms with Crippen molar-refractivity contribution in [3.63, 3.8) is 0 Å². The Morgan fingerprint density at radius 2 is 1.37 bits per heavy atom. The van der Waals surface area contributed by atoms with Gasteiger partial charge in [-0.15, -0.1) is 0 Å². The van der Waals surface area contributed by atoms with Crippen molar-refractivity contribution in [3.05, 3.63) is 29.6 Å². The molecule has 0 radical (unpaired) electrons. The zero-order chi connectivity index (χ0) is 19.6. The van der Waals surface area contributed by atoms with E-state index in [4.69, 9.17) is 0 Å². The first-order chi connectivity index (χ1) is 12.8. The Morgan fingerprint density at radius 1 is 0.815 bits per heavy atom. The van der Waals surface area contributed by atoms with Gasteiger partial charge in [0, 0.05) is 12.1 Å². The van der Waals surface area contributed by atoms with Gasteiger partial charge in [0.05, 0.1) is 5.92 Å². The first kappa shape index (κ1) is 20.4. The van der Waals surface area contributed by atoms with E-state index < -0.39 is 35.2 Å². The molecule has 2 saturated carbocycles. The standard InChI is InChI=1S/C21H27F5O/c1-13-5-7-15(8-6-13)14-3-2-4-16(10-9-14)21(25,26)27-17-11-18(22)20(24)19(23)12-17/h11-16H,2-10H2,1H3. The summed E-state index contributed by atoms with van der Waals surface area (Å²) in [7, 11) is 0. The normalized spacial score (nSPS) is 30.0. The van der Waals surface area contributed by atoms with Crippen LogP contribution in [0.1, 0.15) is 64.7 Å². The first-order valence-electron chi connectivity index (χ1n) is 9.97. The molecule has 3 rings (SSSR count). The van der Waals surface area contributed by atoms with Crippen molar-refractivity contribution in [1.29, 1.82) is 0 Å². The fourth-order valence-corrected chi connectivity index (χ4v) is 4.73. The second-order valence-electron chi connectivity index (χ2n) is 8.35. The van der Waals surface area contributed by atoms with E-state index >= 15 is 0 Å². The summed E-state index contributed by atoms with van der Waals surface area (Å²) in [5, 5.41) is 0. The second-order valence-corrected chi connectivity index (χ2v) is 8.35. The minimum atomic E-state index is -3.54. The van der Waals surface area contributed by atoms with Gasteiger partial charge >= 0.3 is 6.11 Å². The van der Waals surface area contributed by atoms with E-state index in [9.17, 15) is 22.0 Å². The van der Waals surface area contributed by atoms with Gasteiger partial charge in [0.15, 0.2) is 17.5 Å². The molecule has 1 aromatic carbocycles. The lowest BCUT2D eigenvalue weighted by Gasteiger charge is -2.32. The molecular formula is C21H27F5O. The smallest absolute Gasteiger partial charge is 0.400 e. The van der Waals surface area contributed by atoms with Crippen LogP contribution in [0, 0.1) is 41.1 Å². The second kappa shape index (κ2) is 8.36. The fraction of sp³-hybridized carbons (Fsp3) is 0.714. The maximum atomic E-state index is 14.6. The number of halogens is 5. The molecule has 0 aliphatic heterocycles. The van der Waals surface area contributed by atoms with Gasteiger partial charge in [0.2, 0.25) is 0 Å². The van der Waals surface area contributed by atoms with Crippen molar-refractivity contribution >= 4 is 0 Å². The minimum Gasteiger partial charge on any atom is -0.432 e. The van der Waals surface area contributed by atoms with Crippen LogP contribution in [0.4, 0.5) is 22.0 Å². The maximum Gasteiger partial charge on any atom is 0.400 e. The molecule has 0 N–H and O–H groups in total. The molecule has 152 valence electrons. The zero-order valence-corrected chi connectivity index (χ0v) is 15.6. The van der Waals surface area contributed by atoms with Crippen molar-refractivity contribution < 1.29 is 26.7 Å². The highest BCUT2D eigenvalue weighted by atomic mass is 19.3. The average molecular weight is 390 g/mol. The molecule has 27 heavy (non-hydrogen) atoms. The van der Waals surface area contributed by atoms with Crippen molar-refractivity contribution in [2.45, 2.75) is 70.8 Å². The zero-order valence-electron chi connectivity index (χ0n) is 15.6. The fourth-order valence-electron chi connectivity index (χ4n) is 4.73. The molecule has 0 bridgehead atoms. The van der Waals surface area contributed by atoms with Gasteiger partial charge in [-0.1, -0.05) is 32.6 Å². The molecule has 0 heterocycles. The van der Waals surface area contributed by atoms with Crippen molar-refractivity contribution in [3.8, 4) is 5.75 Å². The summed E-state index contributed by atoms with van der Waals surface area (Å²) in [6.45, 7) is 2.26. The van der Waals surface area contributed by atoms with Crippen LogP contribution in [0.2, 0.25) is 0 Å². The van der Waals surface area contributed by atoms with E-state index in [-0.39, 0.29) is 0 Å². The number of rotatable bonds is 4. The summed E-state index contributed by atoms with van der Waals surface area (Å²) in [6, 6.07) is 0.935. The lowest BCUT2D eigenvalue weighted by Crippen LogP contribution is -2.34. The van der Waals surface area contributed by atoms with E-state index in [1.807, 2.05) is 0 Å². The number of hydrogen-bond donors (Lipinski definition) is 0. The summed E-state index contributed by atoms with van der Waals surface area (Å²) < 4.78 is 73.4. The predicted molar refractivity (Wildman–Crippen MR) is 93.1 cm³/mol. The topological polar surface area (TPSA) is 9.23 Å². The summed E-state index contributed by atoms with van der Waals surface area (Å²) in [4.78, 5) is 0. The molecule has 0 aromatic heterocycles. The highest BCUT2D eigenvalue weighted by Crippen LogP contribution is 2.44. The van der Waals surface area contributed by atoms with Gasteiger partial charge < -0.3 is 4.74 Å². The Labute approximate surface area is 157 Å². The molecule has 6 heteroatoms. The SMILES string of the molecule is CC1CCC(C2CCCC(C(F)(F)Oc3cc(F)c(F)c(F)c3)CC2)CC1. The van der Waals surface area contributed by atoms with Gasteiger partial charge in [-0.3, -0.25) is 0 Å². The van der Waals surface area contributed by atoms with Gasteiger partial charge in [0.1, 0.15) is 5.75 Å². The van der Waals surface area contributed by atoms with Crippen LogP contribution in [-0.2, 0) is 0 Å². The Morgan fingerprint density at radius 3 is 2.00 bits per heavy atom. The minimum absolute atomic E-state index is 0.318. The number of hydrogen-bond acceptors (Lipinski definition) is 1. The highest BCUT2D eigenvalue weighted by molar-refractivity contribution is 5.25. The number of ether oxygens (including phenoxy) is 1. The summed E-state index contributed by atoms with van der Waals surface area (Å²) in [5.74, 6) is -4.59. The molecule has 0 spiro atoms. The van der Waals surface area contributed by atoms with Gasteiger partial charge in [-0.05, 0) is 49.9 Å². The van der Waals surface area contributed by atoms with Crippen LogP contribution >= 0.6 is 0 Å². The van der Waals surface area contributed by atoms with Crippen LogP contribution in [0.25, 0.3) is 0 Å². The van der Waals surface area contributed by atoms with E-state index in [2.05, 4.69) is 11.7 Å². The predicted octanol–water partition coefficient (Wildman–Crippen LogP) is 7.10. The lowest BCUT2D eigenvalue weighted by atomic mass is 9.74. The van der Waals surface area contributed by atoms with Crippen LogP contribution in [0.15, 0.2) is 12.1 Å². The van der Waals surface area contributed by atoms with Gasteiger partial charge in [0.25, 0.3) is 0 Å². The van der Waals surface area contributed by atoms with E-state index in [1.165, 1.54) is 25.7 Å². The third-order valence-electron chi connectivity index (χ3n) is 6.43. The van der Waals surface area contributed by atoms with E-state index in [0.29, 0.717) is 43.2 Å². The Balaban J connectivity index is 1.62. The largest absolute Gasteiger partial charge is 0.432 e. The molecule has 2 aliphatic carbocycles. The summed E-state index contributed by atoms with van der Waals surface area (Å²) in [6.07, 6.45) is 4.28. The molecule has 1 aromatic rings. The van der Waals surface area contributed by atoms with Crippen molar-refractivity contribution in [1.82, 2.24) is 0 Å². The quantitative estimate of drug-likeness (QED) is 0.303. The summed E-state index contributed by atoms with van der Waals surface area (Å²) >= 11 is 0. The molecule has 2 unspecified atom stereocenters. The maximum absolute atomic E-state index is 14.6. The van der Waals surface area contributed by atoms with Crippen molar-refractivity contribution in [2.24, 2.45) is 23.7 Å². The average Bonchev–Trinajstić information content (AvgIpc) is 2.87. The Bertz CT molecular complexity index is 616. The first-order valence-corrected chi connectivity index (χ1v) is 9.97. The molecule has 2 aliphatic rings. The highest BCUT2D eigenvalue weighted by Gasteiger charge is 2.44. The third kappa shape index (κ3) is 4.94.